The molecule has 0 bridgehead atoms. The van der Waals surface area contributed by atoms with Crippen molar-refractivity contribution in [1.82, 2.24) is 15.0 Å². The highest BCUT2D eigenvalue weighted by molar-refractivity contribution is 6.06. The van der Waals surface area contributed by atoms with Gasteiger partial charge in [-0.25, -0.2) is 18.7 Å². The number of primary amides is 1. The summed E-state index contributed by atoms with van der Waals surface area (Å²) in [6, 6.07) is 8.72. The minimum absolute atomic E-state index is 0.0426. The van der Waals surface area contributed by atoms with Gasteiger partial charge >= 0.3 is 0 Å². The summed E-state index contributed by atoms with van der Waals surface area (Å²) in [6.45, 7) is 1.58. The third-order valence-electron chi connectivity index (χ3n) is 3.35. The summed E-state index contributed by atoms with van der Waals surface area (Å²) in [5.41, 5.74) is 6.13. The van der Waals surface area contributed by atoms with Crippen molar-refractivity contribution in [1.29, 1.82) is 0 Å². The highest BCUT2D eigenvalue weighted by Gasteiger charge is 2.23. The van der Waals surface area contributed by atoms with Gasteiger partial charge in [0.05, 0.1) is 11.1 Å². The Kier molecular flexibility index (Phi) is 3.32. The fraction of sp³-hybridized carbons (Fsp3) is 0.133. The van der Waals surface area contributed by atoms with Crippen LogP contribution in [0.5, 0.6) is 0 Å². The number of nitrogens with zero attached hydrogens (tertiary/aromatic N) is 2. The molecule has 0 spiro atoms. The Morgan fingerprint density at radius 3 is 2.50 bits per heavy atom. The number of halogens is 2. The van der Waals surface area contributed by atoms with E-state index in [4.69, 9.17) is 5.73 Å². The number of hydrogen-bond acceptors (Lipinski definition) is 3. The zero-order valence-electron chi connectivity index (χ0n) is 11.6. The zero-order valence-corrected chi connectivity index (χ0v) is 11.6. The van der Waals surface area contributed by atoms with Gasteiger partial charge in [-0.2, -0.15) is 0 Å². The third kappa shape index (κ3) is 2.20. The number of benzene rings is 1. The number of carbonyl (C=O) groups excluding carboxylic acids is 1. The molecule has 22 heavy (non-hydrogen) atoms. The van der Waals surface area contributed by atoms with E-state index in [1.807, 2.05) is 0 Å². The van der Waals surface area contributed by atoms with E-state index in [-0.39, 0.29) is 22.4 Å². The molecule has 0 saturated heterocycles. The fourth-order valence-electron chi connectivity index (χ4n) is 2.39. The van der Waals surface area contributed by atoms with Crippen LogP contribution in [0.4, 0.5) is 8.78 Å². The van der Waals surface area contributed by atoms with Gasteiger partial charge in [-0.3, -0.25) is 4.79 Å². The van der Waals surface area contributed by atoms with Crippen molar-refractivity contribution >= 4 is 16.9 Å². The number of H-pyrrole nitrogens is 1. The van der Waals surface area contributed by atoms with Crippen molar-refractivity contribution in [2.24, 2.45) is 5.73 Å². The summed E-state index contributed by atoms with van der Waals surface area (Å²) < 4.78 is 26.6. The number of nitrogens with two attached hydrogens (primary N) is 1. The van der Waals surface area contributed by atoms with Gasteiger partial charge in [0, 0.05) is 11.3 Å². The topological polar surface area (TPSA) is 84.7 Å². The quantitative estimate of drug-likeness (QED) is 0.780. The molecule has 3 aromatic rings. The van der Waals surface area contributed by atoms with Crippen molar-refractivity contribution in [2.45, 2.75) is 13.3 Å². The number of amides is 1. The summed E-state index contributed by atoms with van der Waals surface area (Å²) in [5, 5.41) is 0. The highest BCUT2D eigenvalue weighted by atomic mass is 19.3. The van der Waals surface area contributed by atoms with Crippen LogP contribution in [0.1, 0.15) is 28.2 Å². The second-order valence-corrected chi connectivity index (χ2v) is 4.81. The molecule has 0 aliphatic heterocycles. The lowest BCUT2D eigenvalue weighted by Gasteiger charge is -2.06. The Morgan fingerprint density at radius 2 is 1.91 bits per heavy atom. The number of hydrogen-bond donors (Lipinski definition) is 2. The molecule has 5 nitrogen and oxygen atoms in total. The number of nitrogens with one attached hydrogen (secondary N) is 1. The van der Waals surface area contributed by atoms with E-state index in [0.29, 0.717) is 11.3 Å². The zero-order chi connectivity index (χ0) is 15.9. The molecule has 0 fully saturated rings. The van der Waals surface area contributed by atoms with E-state index < -0.39 is 18.0 Å². The van der Waals surface area contributed by atoms with E-state index >= 15 is 0 Å². The Bertz CT molecular complexity index is 859. The molecular formula is C15H12F2N4O. The molecule has 3 rings (SSSR count). The van der Waals surface area contributed by atoms with Gasteiger partial charge < -0.3 is 10.7 Å². The van der Waals surface area contributed by atoms with Gasteiger partial charge in [0.2, 0.25) is 0 Å². The predicted octanol–water partition coefficient (Wildman–Crippen LogP) is 2.97. The van der Waals surface area contributed by atoms with Crippen molar-refractivity contribution in [2.75, 3.05) is 0 Å². The standard InChI is InChI=1S/C15H12F2N4O/c1-7-9(14(18)22)10-11(19-7)12(13(16)17)21-15(20-10)8-5-3-2-4-6-8/h2-6,13,19H,1H3,(H2,18,22). The van der Waals surface area contributed by atoms with Gasteiger partial charge in [-0.05, 0) is 6.92 Å². The van der Waals surface area contributed by atoms with Gasteiger partial charge in [0.1, 0.15) is 11.2 Å². The molecule has 3 N–H and O–H groups in total. The van der Waals surface area contributed by atoms with Gasteiger partial charge in [0.25, 0.3) is 12.3 Å². The lowest BCUT2D eigenvalue weighted by Crippen LogP contribution is -2.12. The maximum Gasteiger partial charge on any atom is 0.282 e. The molecular weight excluding hydrogens is 290 g/mol. The number of alkyl halides is 2. The lowest BCUT2D eigenvalue weighted by atomic mass is 10.1. The number of aryl methyl sites for hydroxylation is 1. The first-order chi connectivity index (χ1) is 10.5. The SMILES string of the molecule is Cc1[nH]c2c(C(F)F)nc(-c3ccccc3)nc2c1C(N)=O. The molecule has 0 unspecified atom stereocenters. The average Bonchev–Trinajstić information content (AvgIpc) is 2.82. The van der Waals surface area contributed by atoms with Gasteiger partial charge in [0.15, 0.2) is 5.82 Å². The van der Waals surface area contributed by atoms with Gasteiger partial charge in [-0.15, -0.1) is 0 Å². The van der Waals surface area contributed by atoms with Crippen molar-refractivity contribution < 1.29 is 13.6 Å². The molecule has 0 radical (unpaired) electrons. The second kappa shape index (κ2) is 5.18. The predicted molar refractivity (Wildman–Crippen MR) is 77.5 cm³/mol. The molecule has 2 heterocycles. The first-order valence-electron chi connectivity index (χ1n) is 6.52. The first kappa shape index (κ1) is 14.1. The number of rotatable bonds is 3. The largest absolute Gasteiger partial charge is 0.365 e. The minimum Gasteiger partial charge on any atom is -0.365 e. The summed E-state index contributed by atoms with van der Waals surface area (Å²) in [7, 11) is 0. The van der Waals surface area contributed by atoms with E-state index in [0.717, 1.165) is 0 Å². The molecule has 7 heteroatoms. The Balaban J connectivity index is 2.37. The van der Waals surface area contributed by atoms with Crippen molar-refractivity contribution in [3.8, 4) is 11.4 Å². The molecule has 1 aromatic carbocycles. The van der Waals surface area contributed by atoms with Crippen molar-refractivity contribution in [3.63, 3.8) is 0 Å². The summed E-state index contributed by atoms with van der Waals surface area (Å²) in [6.07, 6.45) is -2.80. The molecule has 0 saturated carbocycles. The Hall–Kier alpha value is -2.83. The summed E-state index contributed by atoms with van der Waals surface area (Å²) in [4.78, 5) is 22.5. The van der Waals surface area contributed by atoms with Crippen molar-refractivity contribution in [3.05, 3.63) is 47.3 Å². The van der Waals surface area contributed by atoms with Crippen LogP contribution in [-0.4, -0.2) is 20.9 Å². The van der Waals surface area contributed by atoms with Crippen LogP contribution < -0.4 is 5.73 Å². The van der Waals surface area contributed by atoms with Gasteiger partial charge in [-0.1, -0.05) is 30.3 Å². The maximum absolute atomic E-state index is 13.3. The average molecular weight is 302 g/mol. The number of aromatic nitrogens is 3. The van der Waals surface area contributed by atoms with E-state index in [2.05, 4.69) is 15.0 Å². The van der Waals surface area contributed by atoms with Crippen LogP contribution in [0.2, 0.25) is 0 Å². The smallest absolute Gasteiger partial charge is 0.282 e. The van der Waals surface area contributed by atoms with Crippen LogP contribution >= 0.6 is 0 Å². The van der Waals surface area contributed by atoms with Crippen LogP contribution in [0, 0.1) is 6.92 Å². The minimum atomic E-state index is -2.80. The van der Waals surface area contributed by atoms with E-state index in [1.165, 1.54) is 0 Å². The van der Waals surface area contributed by atoms with Crippen LogP contribution in [0.15, 0.2) is 30.3 Å². The molecule has 0 atom stereocenters. The summed E-state index contributed by atoms with van der Waals surface area (Å²) >= 11 is 0. The maximum atomic E-state index is 13.3. The Morgan fingerprint density at radius 1 is 1.23 bits per heavy atom. The van der Waals surface area contributed by atoms with Crippen LogP contribution in [0.3, 0.4) is 0 Å². The Labute approximate surface area is 124 Å². The molecule has 0 aliphatic carbocycles. The van der Waals surface area contributed by atoms with Crippen LogP contribution in [0.25, 0.3) is 22.4 Å². The highest BCUT2D eigenvalue weighted by Crippen LogP contribution is 2.30. The first-order valence-corrected chi connectivity index (χ1v) is 6.52. The number of aromatic amines is 1. The normalized spacial score (nSPS) is 11.3. The monoisotopic (exact) mass is 302 g/mol. The second-order valence-electron chi connectivity index (χ2n) is 4.81. The third-order valence-corrected chi connectivity index (χ3v) is 3.35. The summed E-state index contributed by atoms with van der Waals surface area (Å²) in [5.74, 6) is -0.591. The number of fused-ring (bicyclic) bond motifs is 1. The molecule has 0 aliphatic rings. The van der Waals surface area contributed by atoms with Crippen LogP contribution in [-0.2, 0) is 0 Å². The molecule has 1 amide bonds. The molecule has 2 aromatic heterocycles. The van der Waals surface area contributed by atoms with E-state index in [9.17, 15) is 13.6 Å². The van der Waals surface area contributed by atoms with E-state index in [1.54, 1.807) is 37.3 Å². The fourth-order valence-corrected chi connectivity index (χ4v) is 2.39. The lowest BCUT2D eigenvalue weighted by molar-refractivity contribution is 0.100. The number of carbonyl (C=O) groups is 1. The molecule has 112 valence electrons.